The lowest BCUT2D eigenvalue weighted by atomic mass is 10.3. The van der Waals surface area contributed by atoms with Crippen molar-refractivity contribution in [1.29, 1.82) is 0 Å². The van der Waals surface area contributed by atoms with Crippen LogP contribution in [0.15, 0.2) is 12.4 Å². The second-order valence-electron chi connectivity index (χ2n) is 4.21. The predicted octanol–water partition coefficient (Wildman–Crippen LogP) is -0.744. The molecule has 0 aliphatic carbocycles. The van der Waals surface area contributed by atoms with Crippen molar-refractivity contribution >= 4 is 21.8 Å². The van der Waals surface area contributed by atoms with Crippen molar-refractivity contribution in [3.8, 4) is 0 Å². The lowest BCUT2D eigenvalue weighted by molar-refractivity contribution is 0.0690. The number of aromatic carboxylic acids is 1. The molecule has 1 fully saturated rings. The Balaban J connectivity index is 2.03. The largest absolute Gasteiger partial charge is 0.476 e. The standard InChI is InChI=1S/C10H14N4O4S/c1-19(17,18)14-4-2-13(3-5-14)9-7-11-8(6-12-9)10(15)16/h6-7H,2-5H2,1H3,(H,15,16). The predicted molar refractivity (Wildman–Crippen MR) is 67.6 cm³/mol. The van der Waals surface area contributed by atoms with Crippen LogP contribution < -0.4 is 4.90 Å². The van der Waals surface area contributed by atoms with Gasteiger partial charge in [0, 0.05) is 26.2 Å². The molecule has 0 bridgehead atoms. The van der Waals surface area contributed by atoms with E-state index in [-0.39, 0.29) is 5.69 Å². The Morgan fingerprint density at radius 1 is 1.21 bits per heavy atom. The number of piperazine rings is 1. The molecule has 1 aromatic rings. The first-order valence-corrected chi connectivity index (χ1v) is 7.48. The normalized spacial score (nSPS) is 17.4. The molecule has 0 atom stereocenters. The number of rotatable bonds is 3. The summed E-state index contributed by atoms with van der Waals surface area (Å²) in [7, 11) is -3.16. The topological polar surface area (TPSA) is 104 Å². The second-order valence-corrected chi connectivity index (χ2v) is 6.20. The van der Waals surface area contributed by atoms with Crippen LogP contribution >= 0.6 is 0 Å². The highest BCUT2D eigenvalue weighted by Gasteiger charge is 2.24. The van der Waals surface area contributed by atoms with Gasteiger partial charge in [0.05, 0.1) is 18.6 Å². The molecule has 1 aromatic heterocycles. The maximum absolute atomic E-state index is 11.4. The highest BCUT2D eigenvalue weighted by Crippen LogP contribution is 2.13. The molecule has 0 unspecified atom stereocenters. The van der Waals surface area contributed by atoms with Gasteiger partial charge in [-0.2, -0.15) is 4.31 Å². The van der Waals surface area contributed by atoms with Gasteiger partial charge in [-0.05, 0) is 0 Å². The first kappa shape index (κ1) is 13.7. The fourth-order valence-corrected chi connectivity index (χ4v) is 2.67. The third kappa shape index (κ3) is 3.18. The van der Waals surface area contributed by atoms with Crippen molar-refractivity contribution < 1.29 is 18.3 Å². The minimum Gasteiger partial charge on any atom is -0.476 e. The Kier molecular flexibility index (Phi) is 3.67. The molecule has 1 saturated heterocycles. The number of carboxylic acid groups (broad SMARTS) is 1. The van der Waals surface area contributed by atoms with E-state index in [1.807, 2.05) is 4.90 Å². The van der Waals surface area contributed by atoms with Crippen LogP contribution in [-0.4, -0.2) is 66.2 Å². The average molecular weight is 286 g/mol. The van der Waals surface area contributed by atoms with Crippen molar-refractivity contribution in [2.24, 2.45) is 0 Å². The SMILES string of the molecule is CS(=O)(=O)N1CCN(c2cnc(C(=O)O)cn2)CC1. The molecule has 19 heavy (non-hydrogen) atoms. The lowest BCUT2D eigenvalue weighted by Crippen LogP contribution is -2.48. The molecule has 2 rings (SSSR count). The van der Waals surface area contributed by atoms with Gasteiger partial charge < -0.3 is 10.0 Å². The lowest BCUT2D eigenvalue weighted by Gasteiger charge is -2.33. The van der Waals surface area contributed by atoms with Crippen LogP contribution in [0, 0.1) is 0 Å². The van der Waals surface area contributed by atoms with Crippen LogP contribution in [0.25, 0.3) is 0 Å². The van der Waals surface area contributed by atoms with E-state index in [1.165, 1.54) is 23.0 Å². The fourth-order valence-electron chi connectivity index (χ4n) is 1.84. The van der Waals surface area contributed by atoms with Gasteiger partial charge in [-0.3, -0.25) is 0 Å². The molecule has 1 N–H and O–H groups in total. The summed E-state index contributed by atoms with van der Waals surface area (Å²) in [5.74, 6) is -0.570. The third-order valence-corrected chi connectivity index (χ3v) is 4.19. The van der Waals surface area contributed by atoms with E-state index in [9.17, 15) is 13.2 Å². The molecule has 0 radical (unpaired) electrons. The number of carboxylic acids is 1. The van der Waals surface area contributed by atoms with E-state index in [1.54, 1.807) is 0 Å². The molecular formula is C10H14N4O4S. The van der Waals surface area contributed by atoms with Crippen LogP contribution in [0.4, 0.5) is 5.82 Å². The zero-order chi connectivity index (χ0) is 14.0. The van der Waals surface area contributed by atoms with Gasteiger partial charge in [-0.1, -0.05) is 0 Å². The number of carbonyl (C=O) groups is 1. The van der Waals surface area contributed by atoms with Crippen LogP contribution in [0.3, 0.4) is 0 Å². The summed E-state index contributed by atoms with van der Waals surface area (Å²) in [6.45, 7) is 1.80. The Bertz CT molecular complexity index is 564. The Morgan fingerprint density at radius 3 is 2.26 bits per heavy atom. The number of nitrogens with zero attached hydrogens (tertiary/aromatic N) is 4. The molecule has 104 valence electrons. The van der Waals surface area contributed by atoms with E-state index in [0.717, 1.165) is 0 Å². The van der Waals surface area contributed by atoms with Gasteiger partial charge in [-0.15, -0.1) is 0 Å². The molecule has 0 saturated carbocycles. The molecule has 2 heterocycles. The second kappa shape index (κ2) is 5.10. The van der Waals surface area contributed by atoms with E-state index in [4.69, 9.17) is 5.11 Å². The summed E-state index contributed by atoms with van der Waals surface area (Å²) in [6, 6.07) is 0. The first-order chi connectivity index (χ1) is 8.88. The molecule has 0 spiro atoms. The van der Waals surface area contributed by atoms with Gasteiger partial charge >= 0.3 is 5.97 Å². The highest BCUT2D eigenvalue weighted by atomic mass is 32.2. The van der Waals surface area contributed by atoms with Crippen molar-refractivity contribution in [2.75, 3.05) is 37.3 Å². The van der Waals surface area contributed by atoms with Gasteiger partial charge in [0.25, 0.3) is 0 Å². The molecule has 1 aliphatic heterocycles. The molecule has 9 heteroatoms. The Labute approximate surface area is 110 Å². The molecule has 0 amide bonds. The fraction of sp³-hybridized carbons (Fsp3) is 0.500. The molecule has 8 nitrogen and oxygen atoms in total. The Hall–Kier alpha value is -1.74. The number of hydrogen-bond acceptors (Lipinski definition) is 6. The minimum absolute atomic E-state index is 0.112. The first-order valence-electron chi connectivity index (χ1n) is 5.63. The summed E-state index contributed by atoms with van der Waals surface area (Å²) < 4.78 is 24.1. The summed E-state index contributed by atoms with van der Waals surface area (Å²) in [6.07, 6.45) is 3.77. The molecular weight excluding hydrogens is 272 g/mol. The van der Waals surface area contributed by atoms with E-state index < -0.39 is 16.0 Å². The van der Waals surface area contributed by atoms with Gasteiger partial charge in [0.1, 0.15) is 5.82 Å². The monoisotopic (exact) mass is 286 g/mol. The van der Waals surface area contributed by atoms with Crippen LogP contribution in [0.1, 0.15) is 10.5 Å². The zero-order valence-electron chi connectivity index (χ0n) is 10.4. The number of sulfonamides is 1. The quantitative estimate of drug-likeness (QED) is 0.780. The van der Waals surface area contributed by atoms with Gasteiger partial charge in [0.15, 0.2) is 5.69 Å². The van der Waals surface area contributed by atoms with E-state index in [2.05, 4.69) is 9.97 Å². The number of anilines is 1. The minimum atomic E-state index is -3.16. The smallest absolute Gasteiger partial charge is 0.356 e. The van der Waals surface area contributed by atoms with Crippen LogP contribution in [0.5, 0.6) is 0 Å². The highest BCUT2D eigenvalue weighted by molar-refractivity contribution is 7.88. The van der Waals surface area contributed by atoms with Gasteiger partial charge in [0.2, 0.25) is 10.0 Å². The van der Waals surface area contributed by atoms with Crippen LogP contribution in [-0.2, 0) is 10.0 Å². The summed E-state index contributed by atoms with van der Waals surface area (Å²) >= 11 is 0. The number of aromatic nitrogens is 2. The van der Waals surface area contributed by atoms with Crippen molar-refractivity contribution in [3.05, 3.63) is 18.1 Å². The van der Waals surface area contributed by atoms with E-state index >= 15 is 0 Å². The zero-order valence-corrected chi connectivity index (χ0v) is 11.2. The van der Waals surface area contributed by atoms with Gasteiger partial charge in [-0.25, -0.2) is 23.2 Å². The van der Waals surface area contributed by atoms with Crippen molar-refractivity contribution in [1.82, 2.24) is 14.3 Å². The Morgan fingerprint density at radius 2 is 1.84 bits per heavy atom. The maximum Gasteiger partial charge on any atom is 0.356 e. The van der Waals surface area contributed by atoms with E-state index in [0.29, 0.717) is 32.0 Å². The third-order valence-electron chi connectivity index (χ3n) is 2.89. The van der Waals surface area contributed by atoms with Crippen LogP contribution in [0.2, 0.25) is 0 Å². The summed E-state index contributed by atoms with van der Waals surface area (Å²) in [5.41, 5.74) is -0.112. The molecule has 1 aliphatic rings. The van der Waals surface area contributed by atoms with Crippen molar-refractivity contribution in [2.45, 2.75) is 0 Å². The summed E-state index contributed by atoms with van der Waals surface area (Å²) in [5, 5.41) is 8.72. The average Bonchev–Trinajstić information content (AvgIpc) is 2.38. The maximum atomic E-state index is 11.4. The van der Waals surface area contributed by atoms with Crippen molar-refractivity contribution in [3.63, 3.8) is 0 Å². The molecule has 0 aromatic carbocycles. The summed E-state index contributed by atoms with van der Waals surface area (Å²) in [4.78, 5) is 20.3. The number of hydrogen-bond donors (Lipinski definition) is 1.